The minimum absolute atomic E-state index is 0.0952. The summed E-state index contributed by atoms with van der Waals surface area (Å²) in [6.07, 6.45) is 0.237. The molecule has 1 heterocycles. The molecule has 0 aliphatic carbocycles. The molecule has 7 heteroatoms. The van der Waals surface area contributed by atoms with Crippen molar-refractivity contribution in [2.75, 3.05) is 12.3 Å². The Labute approximate surface area is 106 Å². The lowest BCUT2D eigenvalue weighted by Crippen LogP contribution is -2.34. The highest BCUT2D eigenvalue weighted by molar-refractivity contribution is 5.99. The molecule has 0 atom stereocenters. The van der Waals surface area contributed by atoms with Gasteiger partial charge in [-0.1, -0.05) is 0 Å². The summed E-state index contributed by atoms with van der Waals surface area (Å²) >= 11 is 0. The van der Waals surface area contributed by atoms with Crippen molar-refractivity contribution in [1.29, 1.82) is 0 Å². The topological polar surface area (TPSA) is 113 Å². The van der Waals surface area contributed by atoms with Crippen molar-refractivity contribution in [3.8, 4) is 0 Å². The molecule has 0 unspecified atom stereocenters. The fourth-order valence-corrected chi connectivity index (χ4v) is 1.51. The van der Waals surface area contributed by atoms with Crippen molar-refractivity contribution in [3.63, 3.8) is 0 Å². The predicted octanol–water partition coefficient (Wildman–Crippen LogP) is -0.0552. The van der Waals surface area contributed by atoms with Crippen LogP contribution in [0.1, 0.15) is 36.3 Å². The first-order chi connectivity index (χ1) is 8.41. The van der Waals surface area contributed by atoms with Gasteiger partial charge in [0, 0.05) is 24.7 Å². The zero-order valence-corrected chi connectivity index (χ0v) is 10.8. The van der Waals surface area contributed by atoms with Crippen LogP contribution in [0.5, 0.6) is 0 Å². The first kappa shape index (κ1) is 14.0. The van der Waals surface area contributed by atoms with E-state index in [0.29, 0.717) is 11.3 Å². The third-order valence-corrected chi connectivity index (χ3v) is 2.29. The molecule has 1 aromatic rings. The fourth-order valence-electron chi connectivity index (χ4n) is 1.51. The van der Waals surface area contributed by atoms with Crippen molar-refractivity contribution < 1.29 is 9.59 Å². The van der Waals surface area contributed by atoms with Crippen LogP contribution in [0.15, 0.2) is 0 Å². The Balaban J connectivity index is 2.41. The molecule has 18 heavy (non-hydrogen) atoms. The number of aryl methyl sites for hydroxylation is 1. The van der Waals surface area contributed by atoms with Crippen LogP contribution in [0.4, 0.5) is 5.82 Å². The van der Waals surface area contributed by atoms with Gasteiger partial charge in [0.15, 0.2) is 5.82 Å². The molecule has 7 nitrogen and oxygen atoms in total. The van der Waals surface area contributed by atoms with E-state index in [1.807, 2.05) is 13.8 Å². The maximum absolute atomic E-state index is 11.8. The number of hydrogen-bond acceptors (Lipinski definition) is 4. The van der Waals surface area contributed by atoms with E-state index in [-0.39, 0.29) is 36.6 Å². The molecule has 0 aromatic carbocycles. The van der Waals surface area contributed by atoms with Gasteiger partial charge >= 0.3 is 0 Å². The van der Waals surface area contributed by atoms with Crippen LogP contribution in [0.2, 0.25) is 0 Å². The zero-order valence-electron chi connectivity index (χ0n) is 10.8. The average molecular weight is 253 g/mol. The molecule has 100 valence electrons. The van der Waals surface area contributed by atoms with Crippen LogP contribution < -0.4 is 16.4 Å². The normalized spacial score (nSPS) is 10.4. The van der Waals surface area contributed by atoms with E-state index in [2.05, 4.69) is 20.8 Å². The third kappa shape index (κ3) is 3.76. The first-order valence-corrected chi connectivity index (χ1v) is 5.79. The Morgan fingerprint density at radius 2 is 2.11 bits per heavy atom. The number of aromatic amines is 1. The number of H-pyrrole nitrogens is 1. The highest BCUT2D eigenvalue weighted by Gasteiger charge is 2.15. The number of anilines is 1. The van der Waals surface area contributed by atoms with E-state index in [0.717, 1.165) is 0 Å². The molecular weight excluding hydrogens is 234 g/mol. The van der Waals surface area contributed by atoms with Gasteiger partial charge in [0.2, 0.25) is 5.91 Å². The van der Waals surface area contributed by atoms with E-state index in [1.165, 1.54) is 0 Å². The third-order valence-electron chi connectivity index (χ3n) is 2.29. The highest BCUT2D eigenvalue weighted by atomic mass is 16.2. The molecule has 0 saturated carbocycles. The number of rotatable bonds is 5. The summed E-state index contributed by atoms with van der Waals surface area (Å²) in [5.41, 5.74) is 6.50. The number of nitrogen functional groups attached to an aromatic ring is 1. The fraction of sp³-hybridized carbons (Fsp3) is 0.545. The number of amides is 2. The van der Waals surface area contributed by atoms with Gasteiger partial charge in [0.05, 0.1) is 0 Å². The minimum atomic E-state index is -0.323. The summed E-state index contributed by atoms with van der Waals surface area (Å²) in [5.74, 6) is -0.255. The summed E-state index contributed by atoms with van der Waals surface area (Å²) < 4.78 is 0. The summed E-state index contributed by atoms with van der Waals surface area (Å²) in [6.45, 7) is 5.74. The molecule has 0 fully saturated rings. The molecule has 5 N–H and O–H groups in total. The lowest BCUT2D eigenvalue weighted by Gasteiger charge is -2.08. The zero-order chi connectivity index (χ0) is 13.7. The SMILES string of the molecule is Cc1[nH]nc(N)c1C(=O)NCCC(=O)NC(C)C. The van der Waals surface area contributed by atoms with Gasteiger partial charge in [-0.05, 0) is 20.8 Å². The van der Waals surface area contributed by atoms with Crippen molar-refractivity contribution in [2.24, 2.45) is 0 Å². The van der Waals surface area contributed by atoms with Gasteiger partial charge in [-0.2, -0.15) is 5.10 Å². The van der Waals surface area contributed by atoms with E-state index in [9.17, 15) is 9.59 Å². The van der Waals surface area contributed by atoms with Crippen molar-refractivity contribution >= 4 is 17.6 Å². The second-order valence-corrected chi connectivity index (χ2v) is 4.34. The molecule has 0 aliphatic rings. The molecule has 2 amide bonds. The Bertz CT molecular complexity index is 419. The highest BCUT2D eigenvalue weighted by Crippen LogP contribution is 2.11. The summed E-state index contributed by atoms with van der Waals surface area (Å²) in [4.78, 5) is 23.1. The van der Waals surface area contributed by atoms with Crippen molar-refractivity contribution in [3.05, 3.63) is 11.3 Å². The van der Waals surface area contributed by atoms with Crippen LogP contribution >= 0.6 is 0 Å². The number of carbonyl (C=O) groups is 2. The second kappa shape index (κ2) is 6.04. The Hall–Kier alpha value is -2.05. The molecule has 0 saturated heterocycles. The Kier molecular flexibility index (Phi) is 4.70. The van der Waals surface area contributed by atoms with Crippen molar-refractivity contribution in [2.45, 2.75) is 33.2 Å². The monoisotopic (exact) mass is 253 g/mol. The number of aromatic nitrogens is 2. The molecule has 0 spiro atoms. The number of hydrogen-bond donors (Lipinski definition) is 4. The van der Waals surface area contributed by atoms with Crippen LogP contribution in [0, 0.1) is 6.92 Å². The quantitative estimate of drug-likeness (QED) is 0.589. The van der Waals surface area contributed by atoms with Gasteiger partial charge in [-0.3, -0.25) is 14.7 Å². The number of carbonyl (C=O) groups excluding carboxylic acids is 2. The van der Waals surface area contributed by atoms with Gasteiger partial charge in [0.1, 0.15) is 5.56 Å². The standard InChI is InChI=1S/C11H19N5O2/c1-6(2)14-8(17)4-5-13-11(18)9-7(3)15-16-10(9)12/h6H,4-5H2,1-3H3,(H,13,18)(H,14,17)(H3,12,15,16). The van der Waals surface area contributed by atoms with E-state index in [1.54, 1.807) is 6.92 Å². The number of nitrogens with zero attached hydrogens (tertiary/aromatic N) is 1. The largest absolute Gasteiger partial charge is 0.382 e. The van der Waals surface area contributed by atoms with Crippen LogP contribution in [0.25, 0.3) is 0 Å². The van der Waals surface area contributed by atoms with Gasteiger partial charge < -0.3 is 16.4 Å². The van der Waals surface area contributed by atoms with Gasteiger partial charge in [-0.15, -0.1) is 0 Å². The Morgan fingerprint density at radius 3 is 2.61 bits per heavy atom. The maximum Gasteiger partial charge on any atom is 0.256 e. The smallest absolute Gasteiger partial charge is 0.256 e. The molecule has 0 aliphatic heterocycles. The maximum atomic E-state index is 11.8. The first-order valence-electron chi connectivity index (χ1n) is 5.79. The van der Waals surface area contributed by atoms with Crippen molar-refractivity contribution in [1.82, 2.24) is 20.8 Å². The molecule has 1 rings (SSSR count). The summed E-state index contributed by atoms with van der Waals surface area (Å²) in [5, 5.41) is 11.7. The number of nitrogens with one attached hydrogen (secondary N) is 3. The van der Waals surface area contributed by atoms with E-state index in [4.69, 9.17) is 5.73 Å². The molecular formula is C11H19N5O2. The lowest BCUT2D eigenvalue weighted by atomic mass is 10.2. The van der Waals surface area contributed by atoms with E-state index < -0.39 is 0 Å². The van der Waals surface area contributed by atoms with Crippen LogP contribution in [-0.2, 0) is 4.79 Å². The molecule has 0 bridgehead atoms. The molecule has 0 radical (unpaired) electrons. The van der Waals surface area contributed by atoms with Crippen LogP contribution in [-0.4, -0.2) is 34.6 Å². The van der Waals surface area contributed by atoms with Gasteiger partial charge in [0.25, 0.3) is 5.91 Å². The van der Waals surface area contributed by atoms with E-state index >= 15 is 0 Å². The summed E-state index contributed by atoms with van der Waals surface area (Å²) in [7, 11) is 0. The average Bonchev–Trinajstić information content (AvgIpc) is 2.57. The van der Waals surface area contributed by atoms with Gasteiger partial charge in [-0.25, -0.2) is 0 Å². The number of nitrogens with two attached hydrogens (primary N) is 1. The lowest BCUT2D eigenvalue weighted by molar-refractivity contribution is -0.121. The minimum Gasteiger partial charge on any atom is -0.382 e. The summed E-state index contributed by atoms with van der Waals surface area (Å²) in [6, 6.07) is 0.0972. The molecule has 1 aromatic heterocycles. The Morgan fingerprint density at radius 1 is 1.44 bits per heavy atom. The van der Waals surface area contributed by atoms with Crippen LogP contribution in [0.3, 0.4) is 0 Å². The predicted molar refractivity (Wildman–Crippen MR) is 68.0 cm³/mol. The second-order valence-electron chi connectivity index (χ2n) is 4.34.